The lowest BCUT2D eigenvalue weighted by molar-refractivity contribution is -0.149. The number of carbonyl (C=O) groups is 1. The molecule has 0 aromatic rings. The van der Waals surface area contributed by atoms with E-state index in [1.165, 1.54) is 6.92 Å². The summed E-state index contributed by atoms with van der Waals surface area (Å²) < 4.78 is 64.2. The normalized spacial score (nSPS) is 14.7. The van der Waals surface area contributed by atoms with Gasteiger partial charge in [0, 0.05) is 0 Å². The van der Waals surface area contributed by atoms with Gasteiger partial charge in [-0.05, 0) is 6.42 Å². The van der Waals surface area contributed by atoms with E-state index in [0.717, 1.165) is 7.11 Å². The van der Waals surface area contributed by atoms with Crippen LogP contribution < -0.4 is 0 Å². The average Bonchev–Trinajstić information content (AvgIpc) is 2.11. The van der Waals surface area contributed by atoms with Gasteiger partial charge in [0.25, 0.3) is 0 Å². The topological polar surface area (TPSA) is 69.7 Å². The predicted molar refractivity (Wildman–Crippen MR) is 42.2 cm³/mol. The Morgan fingerprint density at radius 2 is 1.87 bits per heavy atom. The van der Waals surface area contributed by atoms with E-state index in [-0.39, 0.29) is 6.42 Å². The van der Waals surface area contributed by atoms with Crippen molar-refractivity contribution in [2.24, 2.45) is 0 Å². The highest BCUT2D eigenvalue weighted by Crippen LogP contribution is 2.26. The van der Waals surface area contributed by atoms with Crippen LogP contribution in [-0.4, -0.2) is 33.1 Å². The van der Waals surface area contributed by atoms with Crippen molar-refractivity contribution in [2.75, 3.05) is 7.11 Å². The Balaban J connectivity index is 4.79. The number of rotatable bonds is 4. The standard InChI is InChI=1S/C6H9F3O5S/c1-3-4(5(10)13-2)14-15(11,12)6(7,8)9/h4H,3H2,1-2H3. The number of halogens is 3. The van der Waals surface area contributed by atoms with Crippen LogP contribution in [0.2, 0.25) is 0 Å². The second-order valence-electron chi connectivity index (χ2n) is 2.42. The van der Waals surface area contributed by atoms with Crippen molar-refractivity contribution in [3.63, 3.8) is 0 Å². The van der Waals surface area contributed by atoms with E-state index >= 15 is 0 Å². The van der Waals surface area contributed by atoms with Crippen LogP contribution >= 0.6 is 0 Å². The van der Waals surface area contributed by atoms with Crippen molar-refractivity contribution in [3.8, 4) is 0 Å². The summed E-state index contributed by atoms with van der Waals surface area (Å²) >= 11 is 0. The summed E-state index contributed by atoms with van der Waals surface area (Å²) in [6, 6.07) is 0. The molecule has 15 heavy (non-hydrogen) atoms. The summed E-state index contributed by atoms with van der Waals surface area (Å²) in [5, 5.41) is 0. The molecule has 0 saturated carbocycles. The summed E-state index contributed by atoms with van der Waals surface area (Å²) in [4.78, 5) is 10.8. The molecular weight excluding hydrogens is 241 g/mol. The van der Waals surface area contributed by atoms with Crippen LogP contribution in [-0.2, 0) is 23.8 Å². The van der Waals surface area contributed by atoms with Crippen LogP contribution in [0.3, 0.4) is 0 Å². The molecule has 9 heteroatoms. The molecule has 0 aromatic carbocycles. The minimum atomic E-state index is -5.76. The molecule has 0 aromatic heterocycles. The first-order chi connectivity index (χ1) is 6.65. The van der Waals surface area contributed by atoms with Crippen LogP contribution in [0.25, 0.3) is 0 Å². The van der Waals surface area contributed by atoms with Crippen molar-refractivity contribution in [3.05, 3.63) is 0 Å². The maximum atomic E-state index is 11.8. The summed E-state index contributed by atoms with van der Waals surface area (Å²) in [6.07, 6.45) is -2.02. The monoisotopic (exact) mass is 250 g/mol. The Morgan fingerprint density at radius 3 is 2.13 bits per heavy atom. The Hall–Kier alpha value is -0.830. The fourth-order valence-electron chi connectivity index (χ4n) is 0.613. The smallest absolute Gasteiger partial charge is 0.467 e. The average molecular weight is 250 g/mol. The van der Waals surface area contributed by atoms with Crippen LogP contribution in [0.1, 0.15) is 13.3 Å². The molecule has 0 aliphatic carbocycles. The minimum absolute atomic E-state index is 0.248. The highest BCUT2D eigenvalue weighted by atomic mass is 32.2. The Bertz CT molecular complexity index is 320. The van der Waals surface area contributed by atoms with Gasteiger partial charge in [0.1, 0.15) is 0 Å². The summed E-state index contributed by atoms with van der Waals surface area (Å²) in [5.74, 6) is -1.18. The van der Waals surface area contributed by atoms with E-state index in [4.69, 9.17) is 0 Å². The van der Waals surface area contributed by atoms with Crippen molar-refractivity contribution in [1.82, 2.24) is 0 Å². The molecule has 0 rings (SSSR count). The van der Waals surface area contributed by atoms with Crippen molar-refractivity contribution >= 4 is 16.1 Å². The molecule has 0 fully saturated rings. The third-order valence-electron chi connectivity index (χ3n) is 1.36. The van der Waals surface area contributed by atoms with E-state index in [0.29, 0.717) is 0 Å². The quantitative estimate of drug-likeness (QED) is 0.419. The van der Waals surface area contributed by atoms with Gasteiger partial charge in [-0.3, -0.25) is 0 Å². The Labute approximate surface area is 84.3 Å². The number of hydrogen-bond acceptors (Lipinski definition) is 5. The second-order valence-corrected chi connectivity index (χ2v) is 3.98. The molecule has 0 spiro atoms. The molecule has 0 heterocycles. The Kier molecular flexibility index (Phi) is 4.53. The molecule has 0 radical (unpaired) electrons. The van der Waals surface area contributed by atoms with Gasteiger partial charge in [0.15, 0.2) is 6.10 Å². The van der Waals surface area contributed by atoms with Crippen molar-refractivity contribution in [2.45, 2.75) is 25.0 Å². The third-order valence-corrected chi connectivity index (χ3v) is 2.41. The van der Waals surface area contributed by atoms with E-state index in [2.05, 4.69) is 8.92 Å². The van der Waals surface area contributed by atoms with Gasteiger partial charge in [-0.2, -0.15) is 21.6 Å². The number of alkyl halides is 3. The van der Waals surface area contributed by atoms with Crippen LogP contribution in [0, 0.1) is 0 Å². The van der Waals surface area contributed by atoms with E-state index in [1.54, 1.807) is 0 Å². The zero-order valence-electron chi connectivity index (χ0n) is 7.87. The first kappa shape index (κ1) is 14.2. The van der Waals surface area contributed by atoms with Crippen LogP contribution in [0.5, 0.6) is 0 Å². The zero-order valence-corrected chi connectivity index (χ0v) is 8.68. The molecule has 0 amide bonds. The number of carbonyl (C=O) groups excluding carboxylic acids is 1. The zero-order chi connectivity index (χ0) is 12.3. The molecule has 5 nitrogen and oxygen atoms in total. The highest BCUT2D eigenvalue weighted by Gasteiger charge is 2.49. The Morgan fingerprint density at radius 1 is 1.40 bits per heavy atom. The lowest BCUT2D eigenvalue weighted by Crippen LogP contribution is -2.34. The maximum absolute atomic E-state index is 11.8. The summed E-state index contributed by atoms with van der Waals surface area (Å²) in [6.45, 7) is 1.29. The van der Waals surface area contributed by atoms with Crippen molar-refractivity contribution in [1.29, 1.82) is 0 Å². The van der Waals surface area contributed by atoms with E-state index in [9.17, 15) is 26.4 Å². The molecule has 0 bridgehead atoms. The molecule has 0 saturated heterocycles. The molecule has 1 atom stereocenters. The van der Waals surface area contributed by atoms with E-state index < -0.39 is 27.7 Å². The van der Waals surface area contributed by atoms with Gasteiger partial charge in [0.05, 0.1) is 7.11 Å². The lowest BCUT2D eigenvalue weighted by atomic mass is 10.3. The van der Waals surface area contributed by atoms with Gasteiger partial charge < -0.3 is 4.74 Å². The molecule has 0 N–H and O–H groups in total. The summed E-state index contributed by atoms with van der Waals surface area (Å²) in [7, 11) is -4.85. The first-order valence-corrected chi connectivity index (χ1v) is 5.14. The maximum Gasteiger partial charge on any atom is 0.523 e. The molecule has 0 aliphatic rings. The number of esters is 1. The molecule has 0 aliphatic heterocycles. The van der Waals surface area contributed by atoms with Crippen LogP contribution in [0.4, 0.5) is 13.2 Å². The van der Waals surface area contributed by atoms with Gasteiger partial charge >= 0.3 is 21.6 Å². The number of methoxy groups -OCH3 is 1. The fraction of sp³-hybridized carbons (Fsp3) is 0.833. The molecule has 1 unspecified atom stereocenters. The SMILES string of the molecule is CCC(OS(=O)(=O)C(F)(F)F)C(=O)OC. The van der Waals surface area contributed by atoms with Gasteiger partial charge in [0.2, 0.25) is 0 Å². The lowest BCUT2D eigenvalue weighted by Gasteiger charge is -2.14. The first-order valence-electron chi connectivity index (χ1n) is 3.73. The minimum Gasteiger partial charge on any atom is -0.467 e. The summed E-state index contributed by atoms with van der Waals surface area (Å²) in [5.41, 5.74) is -5.55. The second kappa shape index (κ2) is 4.79. The molecule has 90 valence electrons. The van der Waals surface area contributed by atoms with Crippen LogP contribution in [0.15, 0.2) is 0 Å². The third kappa shape index (κ3) is 3.67. The van der Waals surface area contributed by atoms with E-state index in [1.807, 2.05) is 0 Å². The predicted octanol–water partition coefficient (Wildman–Crippen LogP) is 0.804. The largest absolute Gasteiger partial charge is 0.523 e. The van der Waals surface area contributed by atoms with Gasteiger partial charge in [-0.25, -0.2) is 8.98 Å². The molecular formula is C6H9F3O5S. The van der Waals surface area contributed by atoms with Crippen molar-refractivity contribution < 1.29 is 35.3 Å². The number of hydrogen-bond donors (Lipinski definition) is 0. The highest BCUT2D eigenvalue weighted by molar-refractivity contribution is 7.87. The number of ether oxygens (including phenoxy) is 1. The van der Waals surface area contributed by atoms with Gasteiger partial charge in [-0.1, -0.05) is 6.92 Å². The van der Waals surface area contributed by atoms with Gasteiger partial charge in [-0.15, -0.1) is 0 Å². The fourth-order valence-corrected chi connectivity index (χ4v) is 1.24.